The van der Waals surface area contributed by atoms with E-state index in [0.717, 1.165) is 11.8 Å². The number of aryl methyl sites for hydroxylation is 1. The molecule has 0 saturated heterocycles. The number of nitrogens with zero attached hydrogens (tertiary/aromatic N) is 1. The normalized spacial score (nSPS) is 12.5. The number of H-pyrrole nitrogens is 1. The molecular weight excluding hydrogens is 388 g/mol. The molecule has 0 aliphatic rings. The summed E-state index contributed by atoms with van der Waals surface area (Å²) in [5.41, 5.74) is 1.18. The maximum Gasteiger partial charge on any atom is 0.308 e. The molecule has 140 valence electrons. The van der Waals surface area contributed by atoms with E-state index in [4.69, 9.17) is 4.18 Å². The number of hydrogen-bond donors (Lipinski definition) is 1. The Morgan fingerprint density at radius 3 is 2.26 bits per heavy atom. The van der Waals surface area contributed by atoms with Crippen LogP contribution in [-0.2, 0) is 20.9 Å². The van der Waals surface area contributed by atoms with Gasteiger partial charge in [-0.2, -0.15) is 5.10 Å². The molecule has 3 aromatic rings. The average molecular weight is 404 g/mol. The number of aromatic amines is 1. The van der Waals surface area contributed by atoms with Crippen molar-refractivity contribution in [2.45, 2.75) is 16.7 Å². The van der Waals surface area contributed by atoms with Crippen molar-refractivity contribution in [3.05, 3.63) is 70.6 Å². The maximum absolute atomic E-state index is 12.5. The summed E-state index contributed by atoms with van der Waals surface area (Å²) in [6, 6.07) is 12.8. The van der Waals surface area contributed by atoms with Crippen LogP contribution in [-0.4, -0.2) is 29.1 Å². The zero-order chi connectivity index (χ0) is 19.6. The first-order valence-electron chi connectivity index (χ1n) is 7.80. The van der Waals surface area contributed by atoms with Gasteiger partial charge >= 0.3 is 5.56 Å². The third kappa shape index (κ3) is 4.32. The van der Waals surface area contributed by atoms with Gasteiger partial charge in [0.2, 0.25) is 16.8 Å². The predicted molar refractivity (Wildman–Crippen MR) is 102 cm³/mol. The van der Waals surface area contributed by atoms with E-state index in [1.54, 1.807) is 24.3 Å². The molecule has 1 heterocycles. The number of benzene rings is 2. The maximum atomic E-state index is 12.5. The Bertz CT molecular complexity index is 1150. The van der Waals surface area contributed by atoms with Crippen LogP contribution in [0.15, 0.2) is 69.3 Å². The summed E-state index contributed by atoms with van der Waals surface area (Å²) in [6.45, 7) is 1.90. The minimum Gasteiger partial charge on any atom is -0.390 e. The molecule has 1 atom stereocenters. The molecule has 7 nitrogen and oxygen atoms in total. The van der Waals surface area contributed by atoms with Crippen LogP contribution in [0.5, 0.6) is 5.75 Å². The molecule has 0 amide bonds. The van der Waals surface area contributed by atoms with E-state index in [1.165, 1.54) is 30.5 Å². The van der Waals surface area contributed by atoms with Gasteiger partial charge in [-0.15, -0.1) is 0 Å². The third-order valence-corrected chi connectivity index (χ3v) is 5.88. The van der Waals surface area contributed by atoms with E-state index in [2.05, 4.69) is 10.2 Å². The van der Waals surface area contributed by atoms with Crippen molar-refractivity contribution in [3.63, 3.8) is 0 Å². The van der Waals surface area contributed by atoms with Crippen LogP contribution in [0.3, 0.4) is 0 Å². The lowest BCUT2D eigenvalue weighted by Crippen LogP contribution is -2.15. The fraction of sp³-hybridized carbons (Fsp3) is 0.111. The minimum atomic E-state index is -3.34. The van der Waals surface area contributed by atoms with E-state index in [9.17, 15) is 17.4 Å². The van der Waals surface area contributed by atoms with Gasteiger partial charge in [0, 0.05) is 6.26 Å². The minimum absolute atomic E-state index is 0.148. The van der Waals surface area contributed by atoms with Gasteiger partial charge < -0.3 is 4.18 Å². The average Bonchev–Trinajstić information content (AvgIpc) is 2.63. The highest BCUT2D eigenvalue weighted by molar-refractivity contribution is 7.90. The monoisotopic (exact) mass is 404 g/mol. The highest BCUT2D eigenvalue weighted by Gasteiger charge is 2.17. The van der Waals surface area contributed by atoms with Crippen molar-refractivity contribution in [2.75, 3.05) is 6.26 Å². The quantitative estimate of drug-likeness (QED) is 0.699. The van der Waals surface area contributed by atoms with Crippen molar-refractivity contribution in [1.29, 1.82) is 0 Å². The predicted octanol–water partition coefficient (Wildman–Crippen LogP) is 2.25. The first-order chi connectivity index (χ1) is 12.8. The van der Waals surface area contributed by atoms with Crippen LogP contribution in [0.25, 0.3) is 11.1 Å². The second kappa shape index (κ2) is 7.45. The van der Waals surface area contributed by atoms with Crippen LogP contribution in [0.1, 0.15) is 5.56 Å². The van der Waals surface area contributed by atoms with Crippen LogP contribution in [0.4, 0.5) is 0 Å². The molecule has 0 saturated carbocycles. The topological polar surface area (TPSA) is 106 Å². The number of rotatable bonds is 5. The highest BCUT2D eigenvalue weighted by Crippen LogP contribution is 2.28. The molecule has 1 unspecified atom stereocenters. The van der Waals surface area contributed by atoms with Gasteiger partial charge in [0.1, 0.15) is 0 Å². The highest BCUT2D eigenvalue weighted by atomic mass is 32.2. The van der Waals surface area contributed by atoms with Gasteiger partial charge in [0.25, 0.3) is 0 Å². The van der Waals surface area contributed by atoms with Crippen molar-refractivity contribution in [1.82, 2.24) is 10.2 Å². The molecule has 0 aliphatic heterocycles. The molecular formula is C18H16N2O5S2. The molecule has 0 radical (unpaired) electrons. The molecule has 0 spiro atoms. The summed E-state index contributed by atoms with van der Waals surface area (Å²) in [4.78, 5) is 12.7. The van der Waals surface area contributed by atoms with E-state index in [1.807, 2.05) is 6.92 Å². The number of hydrogen-bond acceptors (Lipinski definition) is 6. The summed E-state index contributed by atoms with van der Waals surface area (Å²) in [7, 11) is -3.34. The van der Waals surface area contributed by atoms with E-state index < -0.39 is 26.5 Å². The van der Waals surface area contributed by atoms with Crippen LogP contribution in [0, 0.1) is 6.92 Å². The largest absolute Gasteiger partial charge is 0.390 e. The Balaban J connectivity index is 1.99. The van der Waals surface area contributed by atoms with Crippen molar-refractivity contribution in [2.24, 2.45) is 0 Å². The molecule has 9 heteroatoms. The van der Waals surface area contributed by atoms with Gasteiger partial charge in [-0.3, -0.25) is 4.79 Å². The van der Waals surface area contributed by atoms with Gasteiger partial charge in [-0.25, -0.2) is 17.7 Å². The Hall–Kier alpha value is -2.78. The lowest BCUT2D eigenvalue weighted by molar-refractivity contribution is 0.554. The fourth-order valence-corrected chi connectivity index (χ4v) is 3.73. The summed E-state index contributed by atoms with van der Waals surface area (Å²) >= 11 is -1.90. The Morgan fingerprint density at radius 1 is 1.04 bits per heavy atom. The standard InChI is InChI=1S/C18H16N2O5S2/c1-12-3-7-14(8-4-12)26(22)25-17-16(11-19-20-18(17)21)13-5-9-15(10-6-13)27(2,23)24/h3-11H,1-2H3,(H,20,21). The van der Waals surface area contributed by atoms with Gasteiger partial charge in [-0.05, 0) is 36.8 Å². The van der Waals surface area contributed by atoms with Crippen molar-refractivity contribution < 1.29 is 16.8 Å². The summed E-state index contributed by atoms with van der Waals surface area (Å²) in [5, 5.41) is 6.00. The number of nitrogens with one attached hydrogen (secondary N) is 1. The number of aromatic nitrogens is 2. The van der Waals surface area contributed by atoms with E-state index in [0.29, 0.717) is 16.0 Å². The first-order valence-corrected chi connectivity index (χ1v) is 10.8. The van der Waals surface area contributed by atoms with Crippen LogP contribution in [0.2, 0.25) is 0 Å². The summed E-state index contributed by atoms with van der Waals surface area (Å²) in [5.74, 6) is -0.156. The van der Waals surface area contributed by atoms with Crippen molar-refractivity contribution in [3.8, 4) is 16.9 Å². The molecule has 0 fully saturated rings. The Labute approximate surface area is 158 Å². The molecule has 1 N–H and O–H groups in total. The second-order valence-electron chi connectivity index (χ2n) is 5.87. The molecule has 3 rings (SSSR count). The SMILES string of the molecule is Cc1ccc(S(=O)Oc2c(-c3ccc(S(C)(=O)=O)cc3)cn[nH]c2=O)cc1. The second-order valence-corrected chi connectivity index (χ2v) is 8.99. The van der Waals surface area contributed by atoms with E-state index >= 15 is 0 Å². The van der Waals surface area contributed by atoms with Crippen molar-refractivity contribution >= 4 is 20.9 Å². The van der Waals surface area contributed by atoms with Crippen LogP contribution >= 0.6 is 0 Å². The molecule has 0 aliphatic carbocycles. The summed E-state index contributed by atoms with van der Waals surface area (Å²) in [6.07, 6.45) is 2.47. The summed E-state index contributed by atoms with van der Waals surface area (Å²) < 4.78 is 41.1. The lowest BCUT2D eigenvalue weighted by Gasteiger charge is -2.09. The fourth-order valence-electron chi connectivity index (χ4n) is 2.33. The molecule has 0 bridgehead atoms. The lowest BCUT2D eigenvalue weighted by atomic mass is 10.1. The Morgan fingerprint density at radius 2 is 1.67 bits per heavy atom. The number of sulfone groups is 1. The Kier molecular flexibility index (Phi) is 5.24. The molecule has 1 aromatic heterocycles. The third-order valence-electron chi connectivity index (χ3n) is 3.78. The van der Waals surface area contributed by atoms with Gasteiger partial charge in [0.05, 0.1) is 21.6 Å². The van der Waals surface area contributed by atoms with Gasteiger partial charge in [-0.1, -0.05) is 29.8 Å². The first kappa shape index (κ1) is 19.0. The van der Waals surface area contributed by atoms with E-state index in [-0.39, 0.29) is 10.6 Å². The molecule has 2 aromatic carbocycles. The van der Waals surface area contributed by atoms with Crippen LogP contribution < -0.4 is 9.74 Å². The zero-order valence-corrected chi connectivity index (χ0v) is 16.1. The van der Waals surface area contributed by atoms with Gasteiger partial charge in [0.15, 0.2) is 9.84 Å². The zero-order valence-electron chi connectivity index (χ0n) is 14.5. The smallest absolute Gasteiger partial charge is 0.308 e. The molecule has 27 heavy (non-hydrogen) atoms.